The molecule has 2 aromatic rings. The summed E-state index contributed by atoms with van der Waals surface area (Å²) in [6.07, 6.45) is 2.81. The van der Waals surface area contributed by atoms with E-state index in [2.05, 4.69) is 22.2 Å². The number of carbonyl (C=O) groups excluding carboxylic acids is 3. The molecule has 2 N–H and O–H groups in total. The highest BCUT2D eigenvalue weighted by Crippen LogP contribution is 2.13. The highest BCUT2D eigenvalue weighted by atomic mass is 16.5. The van der Waals surface area contributed by atoms with Crippen LogP contribution >= 0.6 is 0 Å². The maximum absolute atomic E-state index is 12.6. The van der Waals surface area contributed by atoms with E-state index in [0.717, 1.165) is 11.1 Å². The molecule has 0 aliphatic heterocycles. The highest BCUT2D eigenvalue weighted by molar-refractivity contribution is 6.00. The third kappa shape index (κ3) is 7.36. The number of hydrogen-bond acceptors (Lipinski definition) is 5. The summed E-state index contributed by atoms with van der Waals surface area (Å²) in [5, 5.41) is 5.51. The monoisotopic (exact) mass is 433 g/mol. The van der Waals surface area contributed by atoms with Gasteiger partial charge in [0.15, 0.2) is 5.78 Å². The second kappa shape index (κ2) is 12.0. The summed E-state index contributed by atoms with van der Waals surface area (Å²) in [4.78, 5) is 40.4. The van der Waals surface area contributed by atoms with E-state index in [1.165, 1.54) is 19.2 Å². The molecule has 0 radical (unpaired) electrons. The van der Waals surface area contributed by atoms with Crippen LogP contribution in [0.25, 0.3) is 0 Å². The van der Waals surface area contributed by atoms with Gasteiger partial charge in [-0.25, -0.2) is 0 Å². The summed E-state index contributed by atoms with van der Waals surface area (Å²) in [5.74, 6) is -0.183. The van der Waals surface area contributed by atoms with Crippen LogP contribution in [0.15, 0.2) is 77.4 Å². The first-order chi connectivity index (χ1) is 15.3. The average Bonchev–Trinajstić information content (AvgIpc) is 2.80. The van der Waals surface area contributed by atoms with Gasteiger partial charge in [0.25, 0.3) is 11.8 Å². The number of ether oxygens (including phenoxy) is 1. The molecule has 7 nitrogen and oxygen atoms in total. The van der Waals surface area contributed by atoms with Crippen LogP contribution in [0.2, 0.25) is 0 Å². The van der Waals surface area contributed by atoms with Gasteiger partial charge >= 0.3 is 0 Å². The van der Waals surface area contributed by atoms with Gasteiger partial charge in [-0.15, -0.1) is 0 Å². The molecule has 0 aliphatic carbocycles. The lowest BCUT2D eigenvalue weighted by Crippen LogP contribution is -2.26. The third-order valence-electron chi connectivity index (χ3n) is 4.50. The SMILES string of the molecule is C=C(/C=C(\N=CC)C(=O)NCc1cccc(OC)c1)C(=O)NCc1ccc(C(C)=O)cc1. The zero-order valence-electron chi connectivity index (χ0n) is 18.5. The van der Waals surface area contributed by atoms with Crippen molar-refractivity contribution in [2.45, 2.75) is 26.9 Å². The Morgan fingerprint density at radius 2 is 1.66 bits per heavy atom. The summed E-state index contributed by atoms with van der Waals surface area (Å²) < 4.78 is 5.18. The Kier molecular flexibility index (Phi) is 9.10. The first-order valence-electron chi connectivity index (χ1n) is 10.0. The Hall–Kier alpha value is -4.00. The number of aliphatic imine (C=N–C) groups is 1. The molecule has 0 saturated carbocycles. The maximum atomic E-state index is 12.6. The molecule has 2 rings (SSSR count). The Morgan fingerprint density at radius 1 is 1.00 bits per heavy atom. The Labute approximate surface area is 187 Å². The molecule has 0 bridgehead atoms. The number of ketones is 1. The molecular weight excluding hydrogens is 406 g/mol. The Bertz CT molecular complexity index is 1050. The number of benzene rings is 2. The van der Waals surface area contributed by atoms with Crippen molar-refractivity contribution in [3.05, 3.63) is 89.1 Å². The number of amides is 2. The predicted octanol–water partition coefficient (Wildman–Crippen LogP) is 3.36. The van der Waals surface area contributed by atoms with E-state index in [9.17, 15) is 14.4 Å². The molecule has 0 aliphatic rings. The summed E-state index contributed by atoms with van der Waals surface area (Å²) in [6, 6.07) is 14.3. The molecule has 2 aromatic carbocycles. The van der Waals surface area contributed by atoms with Gasteiger partial charge in [0.1, 0.15) is 11.4 Å². The van der Waals surface area contributed by atoms with E-state index < -0.39 is 11.8 Å². The Morgan fingerprint density at radius 3 is 2.28 bits per heavy atom. The van der Waals surface area contributed by atoms with Gasteiger partial charge in [-0.1, -0.05) is 43.0 Å². The minimum atomic E-state index is -0.431. The van der Waals surface area contributed by atoms with Crippen molar-refractivity contribution in [2.75, 3.05) is 7.11 Å². The quantitative estimate of drug-likeness (QED) is 0.260. The van der Waals surface area contributed by atoms with Crippen molar-refractivity contribution in [1.82, 2.24) is 10.6 Å². The zero-order valence-corrected chi connectivity index (χ0v) is 18.5. The zero-order chi connectivity index (χ0) is 23.5. The van der Waals surface area contributed by atoms with Crippen molar-refractivity contribution in [2.24, 2.45) is 4.99 Å². The van der Waals surface area contributed by atoms with Gasteiger partial charge in [-0.05, 0) is 43.2 Å². The van der Waals surface area contributed by atoms with Crippen molar-refractivity contribution in [3.8, 4) is 5.75 Å². The summed E-state index contributed by atoms with van der Waals surface area (Å²) >= 11 is 0. The molecule has 166 valence electrons. The molecule has 0 aromatic heterocycles. The van der Waals surface area contributed by atoms with Crippen LogP contribution in [-0.2, 0) is 22.7 Å². The second-order valence-corrected chi connectivity index (χ2v) is 6.91. The normalized spacial score (nSPS) is 11.2. The van der Waals surface area contributed by atoms with Gasteiger partial charge < -0.3 is 15.4 Å². The van der Waals surface area contributed by atoms with Crippen molar-refractivity contribution in [3.63, 3.8) is 0 Å². The van der Waals surface area contributed by atoms with Gasteiger partial charge in [-0.2, -0.15) is 0 Å². The minimum absolute atomic E-state index is 0.0206. The van der Waals surface area contributed by atoms with Gasteiger partial charge in [0.2, 0.25) is 0 Å². The fourth-order valence-electron chi connectivity index (χ4n) is 2.74. The van der Waals surface area contributed by atoms with Crippen LogP contribution in [0.5, 0.6) is 5.75 Å². The molecular formula is C25H27N3O4. The summed E-state index contributed by atoms with van der Waals surface area (Å²) in [6.45, 7) is 7.46. The van der Waals surface area contributed by atoms with E-state index in [0.29, 0.717) is 11.3 Å². The van der Waals surface area contributed by atoms with Crippen molar-refractivity contribution in [1.29, 1.82) is 0 Å². The second-order valence-electron chi connectivity index (χ2n) is 6.91. The number of Topliss-reactive ketones (excluding diaryl/α,β-unsaturated/α-hetero) is 1. The molecule has 0 fully saturated rings. The molecule has 32 heavy (non-hydrogen) atoms. The van der Waals surface area contributed by atoms with Crippen LogP contribution in [0.3, 0.4) is 0 Å². The molecule has 2 amide bonds. The lowest BCUT2D eigenvalue weighted by atomic mass is 10.1. The number of methoxy groups -OCH3 is 1. The lowest BCUT2D eigenvalue weighted by molar-refractivity contribution is -0.117. The first kappa shape index (κ1) is 24.3. The number of nitrogens with one attached hydrogen (secondary N) is 2. The molecule has 0 heterocycles. The van der Waals surface area contributed by atoms with Crippen molar-refractivity contribution >= 4 is 23.8 Å². The smallest absolute Gasteiger partial charge is 0.270 e. The summed E-state index contributed by atoms with van der Waals surface area (Å²) in [7, 11) is 1.58. The van der Waals surface area contributed by atoms with Crippen molar-refractivity contribution < 1.29 is 19.1 Å². The highest BCUT2D eigenvalue weighted by Gasteiger charge is 2.12. The summed E-state index contributed by atoms with van der Waals surface area (Å²) in [5.41, 5.74) is 2.48. The largest absolute Gasteiger partial charge is 0.497 e. The lowest BCUT2D eigenvalue weighted by Gasteiger charge is -2.09. The standard InChI is InChI=1S/C25H27N3O4/c1-5-26-23(25(31)28-16-20-7-6-8-22(14-20)32-4)13-17(2)24(30)27-15-19-9-11-21(12-10-19)18(3)29/h5-14H,2,15-16H2,1,3-4H3,(H,27,30)(H,28,31)/b23-13-,26-5?. The molecule has 0 unspecified atom stereocenters. The first-order valence-corrected chi connectivity index (χ1v) is 10.0. The third-order valence-corrected chi connectivity index (χ3v) is 4.50. The van der Waals surface area contributed by atoms with Crippen LogP contribution in [0, 0.1) is 0 Å². The molecule has 0 spiro atoms. The number of hydrogen-bond donors (Lipinski definition) is 2. The van der Waals surface area contributed by atoms with E-state index >= 15 is 0 Å². The van der Waals surface area contributed by atoms with E-state index in [-0.39, 0.29) is 30.1 Å². The van der Waals surface area contributed by atoms with Crippen LogP contribution in [0.4, 0.5) is 0 Å². The van der Waals surface area contributed by atoms with Gasteiger partial charge in [0.05, 0.1) is 7.11 Å². The maximum Gasteiger partial charge on any atom is 0.270 e. The predicted molar refractivity (Wildman–Crippen MR) is 125 cm³/mol. The van der Waals surface area contributed by atoms with Gasteiger partial charge in [-0.3, -0.25) is 19.4 Å². The minimum Gasteiger partial charge on any atom is -0.497 e. The fraction of sp³-hybridized carbons (Fsp3) is 0.200. The number of nitrogens with zero attached hydrogens (tertiary/aromatic N) is 1. The molecule has 7 heteroatoms. The topological polar surface area (TPSA) is 96.9 Å². The van der Waals surface area contributed by atoms with E-state index in [1.807, 2.05) is 24.3 Å². The number of rotatable bonds is 10. The molecule has 0 atom stereocenters. The molecule has 0 saturated heterocycles. The fourth-order valence-corrected chi connectivity index (χ4v) is 2.74. The van der Waals surface area contributed by atoms with Gasteiger partial charge in [0, 0.05) is 30.4 Å². The Balaban J connectivity index is 1.97. The van der Waals surface area contributed by atoms with Crippen LogP contribution in [0.1, 0.15) is 35.3 Å². The van der Waals surface area contributed by atoms with E-state index in [4.69, 9.17) is 4.74 Å². The van der Waals surface area contributed by atoms with Crippen LogP contribution < -0.4 is 15.4 Å². The average molecular weight is 434 g/mol. The number of carbonyl (C=O) groups is 3. The van der Waals surface area contributed by atoms with E-state index in [1.54, 1.807) is 38.3 Å². The van der Waals surface area contributed by atoms with Crippen LogP contribution in [-0.4, -0.2) is 30.9 Å².